The van der Waals surface area contributed by atoms with Crippen LogP contribution in [0.1, 0.15) is 30.4 Å². The second-order valence-corrected chi connectivity index (χ2v) is 6.88. The summed E-state index contributed by atoms with van der Waals surface area (Å²) in [5.41, 5.74) is 2.47. The summed E-state index contributed by atoms with van der Waals surface area (Å²) in [7, 11) is 1.96. The van der Waals surface area contributed by atoms with Crippen LogP contribution >= 0.6 is 0 Å². The SMILES string of the molecule is CN(C(=O)CCc1cccnc1)[C@H]1CCCN(Cc2ccccc2)C1. The van der Waals surface area contributed by atoms with Gasteiger partial charge in [0.2, 0.25) is 5.91 Å². The molecule has 1 fully saturated rings. The Kier molecular flexibility index (Phi) is 6.18. The lowest BCUT2D eigenvalue weighted by Gasteiger charge is -2.37. The first-order chi connectivity index (χ1) is 12.2. The lowest BCUT2D eigenvalue weighted by Crippen LogP contribution is -2.48. The van der Waals surface area contributed by atoms with E-state index in [0.29, 0.717) is 12.5 Å². The fourth-order valence-corrected chi connectivity index (χ4v) is 3.51. The van der Waals surface area contributed by atoms with Crippen molar-refractivity contribution in [3.8, 4) is 0 Å². The molecule has 0 N–H and O–H groups in total. The van der Waals surface area contributed by atoms with Crippen molar-refractivity contribution < 1.29 is 4.79 Å². The van der Waals surface area contributed by atoms with Crippen LogP contribution in [-0.2, 0) is 17.8 Å². The Bertz CT molecular complexity index is 659. The average Bonchev–Trinajstić information content (AvgIpc) is 2.67. The van der Waals surface area contributed by atoms with Crippen LogP contribution in [0.2, 0.25) is 0 Å². The number of likely N-dealkylation sites (N-methyl/N-ethyl adjacent to an activating group) is 1. The maximum Gasteiger partial charge on any atom is 0.222 e. The molecule has 1 aromatic heterocycles. The van der Waals surface area contributed by atoms with Gasteiger partial charge < -0.3 is 4.90 Å². The van der Waals surface area contributed by atoms with Crippen LogP contribution < -0.4 is 0 Å². The molecule has 2 heterocycles. The first-order valence-corrected chi connectivity index (χ1v) is 9.13. The third kappa shape index (κ3) is 5.13. The second kappa shape index (κ2) is 8.77. The highest BCUT2D eigenvalue weighted by atomic mass is 16.2. The van der Waals surface area contributed by atoms with Crippen molar-refractivity contribution in [1.82, 2.24) is 14.8 Å². The van der Waals surface area contributed by atoms with Crippen molar-refractivity contribution in [2.24, 2.45) is 0 Å². The van der Waals surface area contributed by atoms with E-state index in [1.807, 2.05) is 30.3 Å². The minimum atomic E-state index is 0.232. The smallest absolute Gasteiger partial charge is 0.222 e. The third-order valence-electron chi connectivity index (χ3n) is 5.02. The first kappa shape index (κ1) is 17.6. The highest BCUT2D eigenvalue weighted by Crippen LogP contribution is 2.18. The lowest BCUT2D eigenvalue weighted by atomic mass is 10.0. The summed E-state index contributed by atoms with van der Waals surface area (Å²) >= 11 is 0. The molecule has 0 spiro atoms. The second-order valence-electron chi connectivity index (χ2n) is 6.88. The van der Waals surface area contributed by atoms with Crippen molar-refractivity contribution in [2.45, 2.75) is 38.3 Å². The molecular weight excluding hydrogens is 310 g/mol. The van der Waals surface area contributed by atoms with Crippen LogP contribution in [0.5, 0.6) is 0 Å². The average molecular weight is 337 g/mol. The molecule has 1 saturated heterocycles. The Morgan fingerprint density at radius 3 is 2.76 bits per heavy atom. The van der Waals surface area contributed by atoms with Crippen molar-refractivity contribution in [1.29, 1.82) is 0 Å². The molecule has 0 saturated carbocycles. The van der Waals surface area contributed by atoms with Crippen molar-refractivity contribution in [3.63, 3.8) is 0 Å². The zero-order valence-corrected chi connectivity index (χ0v) is 15.0. The molecule has 3 rings (SSSR count). The van der Waals surface area contributed by atoms with Crippen LogP contribution in [0.3, 0.4) is 0 Å². The number of carbonyl (C=O) groups is 1. The Hall–Kier alpha value is -2.20. The van der Waals surface area contributed by atoms with Gasteiger partial charge in [0.05, 0.1) is 0 Å². The van der Waals surface area contributed by atoms with Gasteiger partial charge in [0.25, 0.3) is 0 Å². The number of benzene rings is 1. The van der Waals surface area contributed by atoms with Gasteiger partial charge in [-0.05, 0) is 43.0 Å². The van der Waals surface area contributed by atoms with Crippen LogP contribution in [0.25, 0.3) is 0 Å². The van der Waals surface area contributed by atoms with Crippen LogP contribution in [0.4, 0.5) is 0 Å². The monoisotopic (exact) mass is 337 g/mol. The van der Waals surface area contributed by atoms with E-state index >= 15 is 0 Å². The minimum Gasteiger partial charge on any atom is -0.341 e. The van der Waals surface area contributed by atoms with Crippen molar-refractivity contribution in [2.75, 3.05) is 20.1 Å². The van der Waals surface area contributed by atoms with Crippen LogP contribution in [-0.4, -0.2) is 46.9 Å². The number of aromatic nitrogens is 1. The van der Waals surface area contributed by atoms with Crippen molar-refractivity contribution in [3.05, 3.63) is 66.0 Å². The van der Waals surface area contributed by atoms with E-state index in [2.05, 4.69) is 40.2 Å². The molecule has 1 amide bonds. The summed E-state index contributed by atoms with van der Waals surface area (Å²) in [6.07, 6.45) is 7.17. The molecule has 0 aliphatic carbocycles. The van der Waals surface area contributed by atoms with Gasteiger partial charge in [-0.3, -0.25) is 14.7 Å². The van der Waals surface area contributed by atoms with Crippen molar-refractivity contribution >= 4 is 5.91 Å². The van der Waals surface area contributed by atoms with Gasteiger partial charge in [-0.25, -0.2) is 0 Å². The predicted octanol–water partition coefficient (Wildman–Crippen LogP) is 3.14. The van der Waals surface area contributed by atoms with Gasteiger partial charge >= 0.3 is 0 Å². The number of carbonyl (C=O) groups excluding carboxylic acids is 1. The number of likely N-dealkylation sites (tertiary alicyclic amines) is 1. The molecule has 0 radical (unpaired) electrons. The third-order valence-corrected chi connectivity index (χ3v) is 5.02. The quantitative estimate of drug-likeness (QED) is 0.812. The topological polar surface area (TPSA) is 36.4 Å². The van der Waals surface area contributed by atoms with E-state index in [1.165, 1.54) is 5.56 Å². The zero-order chi connectivity index (χ0) is 17.5. The predicted molar refractivity (Wildman–Crippen MR) is 100 cm³/mol. The molecule has 0 bridgehead atoms. The Balaban J connectivity index is 1.50. The van der Waals surface area contributed by atoms with E-state index in [1.54, 1.807) is 6.20 Å². The summed E-state index contributed by atoms with van der Waals surface area (Å²) in [5, 5.41) is 0. The van der Waals surface area contributed by atoms with E-state index < -0.39 is 0 Å². The number of hydrogen-bond donors (Lipinski definition) is 0. The summed E-state index contributed by atoms with van der Waals surface area (Å²) in [6.45, 7) is 3.04. The Morgan fingerprint density at radius 1 is 1.20 bits per heavy atom. The number of amides is 1. The van der Waals surface area contributed by atoms with Gasteiger partial charge in [0.1, 0.15) is 0 Å². The van der Waals surface area contributed by atoms with Gasteiger partial charge in [0, 0.05) is 45.0 Å². The molecule has 2 aromatic rings. The van der Waals surface area contributed by atoms with E-state index in [-0.39, 0.29) is 5.91 Å². The Labute approximate surface area is 150 Å². The fraction of sp³-hybridized carbons (Fsp3) is 0.429. The fourth-order valence-electron chi connectivity index (χ4n) is 3.51. The molecule has 0 unspecified atom stereocenters. The molecule has 132 valence electrons. The summed E-state index contributed by atoms with van der Waals surface area (Å²) in [5.74, 6) is 0.232. The van der Waals surface area contributed by atoms with Gasteiger partial charge in [-0.2, -0.15) is 0 Å². The maximum atomic E-state index is 12.6. The van der Waals surface area contributed by atoms with Crippen LogP contribution in [0, 0.1) is 0 Å². The van der Waals surface area contributed by atoms with Gasteiger partial charge in [-0.15, -0.1) is 0 Å². The number of nitrogens with zero attached hydrogens (tertiary/aromatic N) is 3. The molecule has 4 heteroatoms. The molecular formula is C21H27N3O. The number of aryl methyl sites for hydroxylation is 1. The highest BCUT2D eigenvalue weighted by molar-refractivity contribution is 5.76. The zero-order valence-electron chi connectivity index (χ0n) is 15.0. The van der Waals surface area contributed by atoms with E-state index in [0.717, 1.165) is 44.5 Å². The largest absolute Gasteiger partial charge is 0.341 e. The number of piperidine rings is 1. The first-order valence-electron chi connectivity index (χ1n) is 9.13. The Morgan fingerprint density at radius 2 is 2.00 bits per heavy atom. The van der Waals surface area contributed by atoms with E-state index in [9.17, 15) is 4.79 Å². The summed E-state index contributed by atoms with van der Waals surface area (Å²) in [4.78, 5) is 21.1. The minimum absolute atomic E-state index is 0.232. The normalized spacial score (nSPS) is 18.0. The molecule has 25 heavy (non-hydrogen) atoms. The molecule has 1 aliphatic rings. The lowest BCUT2D eigenvalue weighted by molar-refractivity contribution is -0.133. The molecule has 1 atom stereocenters. The number of hydrogen-bond acceptors (Lipinski definition) is 3. The van der Waals surface area contributed by atoms with Gasteiger partial charge in [0.15, 0.2) is 0 Å². The standard InChI is InChI=1S/C21H27N3O/c1-23(21(25)12-11-18-9-5-13-22-15-18)20-10-6-14-24(17-20)16-19-7-3-2-4-8-19/h2-5,7-9,13,15,20H,6,10-12,14,16-17H2,1H3/t20-/m0/s1. The van der Waals surface area contributed by atoms with Crippen LogP contribution in [0.15, 0.2) is 54.9 Å². The number of pyridine rings is 1. The summed E-state index contributed by atoms with van der Waals surface area (Å²) in [6, 6.07) is 14.8. The van der Waals surface area contributed by atoms with E-state index in [4.69, 9.17) is 0 Å². The molecule has 4 nitrogen and oxygen atoms in total. The number of rotatable bonds is 6. The highest BCUT2D eigenvalue weighted by Gasteiger charge is 2.25. The maximum absolute atomic E-state index is 12.6. The summed E-state index contributed by atoms with van der Waals surface area (Å²) < 4.78 is 0. The molecule has 1 aliphatic heterocycles. The van der Waals surface area contributed by atoms with Gasteiger partial charge in [-0.1, -0.05) is 36.4 Å². The molecule has 1 aromatic carbocycles.